The maximum Gasteiger partial charge on any atom is 0.585 e. The second kappa shape index (κ2) is 9.46. The van der Waals surface area contributed by atoms with Crippen LogP contribution in [-0.4, -0.2) is 70.8 Å². The number of aliphatic hydroxyl groups excluding tert-OH is 1. The van der Waals surface area contributed by atoms with Gasteiger partial charge in [0.15, 0.2) is 34.4 Å². The number of alkyl halides is 1. The Balaban J connectivity index is 1.46. The van der Waals surface area contributed by atoms with Gasteiger partial charge in [0.2, 0.25) is 17.7 Å². The fraction of sp³-hybridized carbons (Fsp3) is 0.529. The van der Waals surface area contributed by atoms with Gasteiger partial charge in [-0.2, -0.15) is 9.97 Å². The van der Waals surface area contributed by atoms with Crippen molar-refractivity contribution in [2.24, 2.45) is 0 Å². The summed E-state index contributed by atoms with van der Waals surface area (Å²) in [5, 5.41) is 20.1. The predicted octanol–water partition coefficient (Wildman–Crippen LogP) is 1.12. The van der Waals surface area contributed by atoms with E-state index in [4.69, 9.17) is 19.7 Å². The van der Waals surface area contributed by atoms with E-state index in [-0.39, 0.29) is 46.9 Å². The van der Waals surface area contributed by atoms with E-state index in [2.05, 4.69) is 24.9 Å². The summed E-state index contributed by atoms with van der Waals surface area (Å²) < 4.78 is 45.4. The molecule has 17 heteroatoms. The molecule has 4 heterocycles. The first-order valence-corrected chi connectivity index (χ1v) is 12.8. The first-order valence-electron chi connectivity index (χ1n) is 10.00. The van der Waals surface area contributed by atoms with Gasteiger partial charge in [-0.25, -0.2) is 14.2 Å². The van der Waals surface area contributed by atoms with E-state index in [1.54, 1.807) is 6.92 Å². The van der Waals surface area contributed by atoms with Crippen molar-refractivity contribution >= 4 is 35.7 Å². The molecule has 3 aromatic rings. The molecule has 0 aliphatic carbocycles. The number of rotatable bonds is 9. The molecule has 5 atom stereocenters. The molecule has 3 aromatic heterocycles. The van der Waals surface area contributed by atoms with Crippen molar-refractivity contribution in [3.8, 4) is 11.8 Å². The van der Waals surface area contributed by atoms with Gasteiger partial charge < -0.3 is 30.4 Å². The van der Waals surface area contributed by atoms with Crippen LogP contribution in [0.1, 0.15) is 25.8 Å². The standard InChI is InChI=1S/C17H21FN7O7PS/c1-3-30-13-9-11(22-15(19)24-13)25(6-20-9)14-17(2,18)10(26)8(32-14)4-31-33(29)34-5-7-12(27)23-16(28)21-7/h6,8,10,14,26H,3-5H2,1-2H3,(H4-,19,21,22,23,24,27,28)/p+1. The summed E-state index contributed by atoms with van der Waals surface area (Å²) in [6.45, 7) is 2.82. The average molecular weight is 518 g/mol. The Morgan fingerprint density at radius 2 is 2.21 bits per heavy atom. The van der Waals surface area contributed by atoms with E-state index < -0.39 is 37.0 Å². The highest BCUT2D eigenvalue weighted by Gasteiger charge is 2.56. The van der Waals surface area contributed by atoms with Gasteiger partial charge in [0.1, 0.15) is 18.8 Å². The SMILES string of the molecule is CCOc1nc(N)nc2c1ncn2C1OC(CO[P+](=O)SCc2[nH]c(=O)[nH]c2O)C(O)C1(C)F. The number of hydrogen-bond donors (Lipinski definition) is 5. The molecule has 1 saturated heterocycles. The van der Waals surface area contributed by atoms with Crippen LogP contribution in [0.2, 0.25) is 0 Å². The maximum absolute atomic E-state index is 15.6. The zero-order valence-electron chi connectivity index (χ0n) is 18.0. The number of aromatic hydroxyl groups is 1. The maximum atomic E-state index is 15.6. The molecule has 5 unspecified atom stereocenters. The van der Waals surface area contributed by atoms with Crippen molar-refractivity contribution in [3.63, 3.8) is 0 Å². The highest BCUT2D eigenvalue weighted by atomic mass is 32.7. The Morgan fingerprint density at radius 3 is 2.88 bits per heavy atom. The van der Waals surface area contributed by atoms with Gasteiger partial charge in [0, 0.05) is 0 Å². The Morgan fingerprint density at radius 1 is 1.44 bits per heavy atom. The normalized spacial score (nSPS) is 25.2. The summed E-state index contributed by atoms with van der Waals surface area (Å²) in [5.41, 5.74) is 3.40. The number of halogens is 1. The minimum absolute atomic E-state index is 0.0123. The molecule has 0 aromatic carbocycles. The highest BCUT2D eigenvalue weighted by Crippen LogP contribution is 2.46. The number of hydrogen-bond acceptors (Lipinski definition) is 12. The quantitative estimate of drug-likeness (QED) is 0.253. The third-order valence-corrected chi connectivity index (χ3v) is 7.42. The largest absolute Gasteiger partial charge is 0.585 e. The van der Waals surface area contributed by atoms with E-state index in [0.29, 0.717) is 6.61 Å². The van der Waals surface area contributed by atoms with Gasteiger partial charge in [-0.05, 0) is 18.4 Å². The molecule has 184 valence electrons. The van der Waals surface area contributed by atoms with E-state index in [1.807, 2.05) is 0 Å². The number of aliphatic hydroxyl groups is 1. The smallest absolute Gasteiger partial charge is 0.493 e. The second-order valence-corrected chi connectivity index (χ2v) is 10.4. The third kappa shape index (κ3) is 4.59. The Kier molecular flexibility index (Phi) is 6.78. The van der Waals surface area contributed by atoms with E-state index in [1.165, 1.54) is 10.9 Å². The number of nitrogen functional groups attached to an aromatic ring is 1. The van der Waals surface area contributed by atoms with Gasteiger partial charge in [0.25, 0.3) is 0 Å². The lowest BCUT2D eigenvalue weighted by Crippen LogP contribution is -2.40. The molecular weight excluding hydrogens is 496 g/mol. The molecule has 4 rings (SSSR count). The molecular formula is C17H22FN7O7PS+. The summed E-state index contributed by atoms with van der Waals surface area (Å²) in [7, 11) is -2.34. The van der Waals surface area contributed by atoms with Crippen LogP contribution in [0.3, 0.4) is 0 Å². The Bertz CT molecular complexity index is 1260. The summed E-state index contributed by atoms with van der Waals surface area (Å²) in [5.74, 6) is -0.357. The highest BCUT2D eigenvalue weighted by molar-refractivity contribution is 8.49. The number of H-pyrrole nitrogens is 2. The lowest BCUT2D eigenvalue weighted by molar-refractivity contribution is -0.0531. The molecule has 0 spiro atoms. The number of imidazole rings is 2. The van der Waals surface area contributed by atoms with Gasteiger partial charge in [-0.1, -0.05) is 0 Å². The summed E-state index contributed by atoms with van der Waals surface area (Å²) in [6.07, 6.45) is -2.86. The molecule has 1 aliphatic heterocycles. The van der Waals surface area contributed by atoms with E-state index in [0.717, 1.165) is 18.3 Å². The fourth-order valence-electron chi connectivity index (χ4n) is 3.47. The van der Waals surface area contributed by atoms with Crippen LogP contribution in [0.25, 0.3) is 11.2 Å². The summed E-state index contributed by atoms with van der Waals surface area (Å²) in [4.78, 5) is 27.9. The minimum Gasteiger partial charge on any atom is -0.493 e. The van der Waals surface area contributed by atoms with Crippen molar-refractivity contribution in [2.45, 2.75) is 43.7 Å². The summed E-state index contributed by atoms with van der Waals surface area (Å²) in [6, 6.07) is 0. The van der Waals surface area contributed by atoms with Crippen LogP contribution < -0.4 is 16.2 Å². The molecule has 6 N–H and O–H groups in total. The monoisotopic (exact) mass is 518 g/mol. The molecule has 0 amide bonds. The van der Waals surface area contributed by atoms with Crippen molar-refractivity contribution in [3.05, 3.63) is 22.5 Å². The van der Waals surface area contributed by atoms with Crippen LogP contribution in [0, 0.1) is 0 Å². The predicted molar refractivity (Wildman–Crippen MR) is 118 cm³/mol. The molecule has 1 aliphatic rings. The van der Waals surface area contributed by atoms with Crippen LogP contribution in [-0.2, 0) is 19.6 Å². The first kappa shape index (κ1) is 24.3. The van der Waals surface area contributed by atoms with Crippen LogP contribution in [0.5, 0.6) is 11.8 Å². The van der Waals surface area contributed by atoms with Crippen molar-refractivity contribution in [1.82, 2.24) is 29.5 Å². The number of aromatic amines is 2. The number of nitrogens with two attached hydrogens (primary N) is 1. The van der Waals surface area contributed by atoms with E-state index in [9.17, 15) is 19.6 Å². The molecule has 0 radical (unpaired) electrons. The molecule has 0 saturated carbocycles. The molecule has 34 heavy (non-hydrogen) atoms. The number of ether oxygens (including phenoxy) is 2. The lowest BCUT2D eigenvalue weighted by Gasteiger charge is -2.24. The summed E-state index contributed by atoms with van der Waals surface area (Å²) >= 11 is 0.796. The first-order chi connectivity index (χ1) is 16.1. The van der Waals surface area contributed by atoms with Gasteiger partial charge in [-0.3, -0.25) is 9.55 Å². The average Bonchev–Trinajstić information content (AvgIpc) is 3.39. The number of aromatic nitrogens is 6. The van der Waals surface area contributed by atoms with Crippen LogP contribution >= 0.6 is 18.6 Å². The minimum atomic E-state index is -2.34. The third-order valence-electron chi connectivity index (χ3n) is 5.10. The van der Waals surface area contributed by atoms with E-state index >= 15 is 4.39 Å². The Labute approximate surface area is 195 Å². The Hall–Kier alpha value is -2.78. The van der Waals surface area contributed by atoms with Crippen LogP contribution in [0.4, 0.5) is 10.3 Å². The molecule has 1 fully saturated rings. The van der Waals surface area contributed by atoms with Crippen molar-refractivity contribution in [1.29, 1.82) is 0 Å². The lowest BCUT2D eigenvalue weighted by atomic mass is 9.98. The van der Waals surface area contributed by atoms with Crippen LogP contribution in [0.15, 0.2) is 11.1 Å². The topological polar surface area (TPSA) is 203 Å². The van der Waals surface area contributed by atoms with Crippen molar-refractivity contribution < 1.29 is 33.2 Å². The van der Waals surface area contributed by atoms with Crippen molar-refractivity contribution in [2.75, 3.05) is 18.9 Å². The molecule has 14 nitrogen and oxygen atoms in total. The fourth-order valence-corrected chi connectivity index (χ4v) is 5.37. The zero-order chi connectivity index (χ0) is 24.6. The van der Waals surface area contributed by atoms with Gasteiger partial charge >= 0.3 is 12.9 Å². The number of nitrogens with one attached hydrogen (secondary N) is 2. The second-order valence-electron chi connectivity index (χ2n) is 7.47. The van der Waals surface area contributed by atoms with Gasteiger partial charge in [0.05, 0.1) is 24.4 Å². The van der Waals surface area contributed by atoms with Gasteiger partial charge in [-0.15, -0.1) is 4.52 Å². The number of anilines is 1. The number of nitrogens with zero attached hydrogens (tertiary/aromatic N) is 4. The molecule has 0 bridgehead atoms. The number of fused-ring (bicyclic) bond motifs is 1. The zero-order valence-corrected chi connectivity index (χ0v) is 19.7.